The fraction of sp³-hybridized carbons (Fsp3) is 0.235. The van der Waals surface area contributed by atoms with Gasteiger partial charge in [0.15, 0.2) is 5.65 Å². The Kier molecular flexibility index (Phi) is 3.35. The lowest BCUT2D eigenvalue weighted by Gasteiger charge is -2.44. The first-order valence-electron chi connectivity index (χ1n) is 8.24. The lowest BCUT2D eigenvalue weighted by atomic mass is 10.1. The number of anilines is 1. The van der Waals surface area contributed by atoms with Crippen LogP contribution >= 0.6 is 11.7 Å². The first-order valence-corrected chi connectivity index (χ1v) is 8.97. The number of benzene rings is 1. The molecular formula is C17H15N7OS. The van der Waals surface area contributed by atoms with Crippen molar-refractivity contribution in [1.29, 1.82) is 0 Å². The molecule has 0 saturated carbocycles. The van der Waals surface area contributed by atoms with Crippen LogP contribution in [0.1, 0.15) is 10.4 Å². The largest absolute Gasteiger partial charge is 0.351 e. The van der Waals surface area contributed by atoms with Crippen LogP contribution in [0.15, 0.2) is 42.7 Å². The first kappa shape index (κ1) is 15.2. The molecule has 130 valence electrons. The molecule has 0 bridgehead atoms. The van der Waals surface area contributed by atoms with Crippen LogP contribution in [0.25, 0.3) is 16.7 Å². The number of carbonyl (C=O) groups is 1. The van der Waals surface area contributed by atoms with E-state index in [2.05, 4.69) is 23.7 Å². The maximum absolute atomic E-state index is 12.8. The summed E-state index contributed by atoms with van der Waals surface area (Å²) in [7, 11) is 1.85. The fourth-order valence-corrected chi connectivity index (χ4v) is 3.66. The Labute approximate surface area is 153 Å². The van der Waals surface area contributed by atoms with Gasteiger partial charge in [0.05, 0.1) is 17.8 Å². The van der Waals surface area contributed by atoms with Crippen molar-refractivity contribution in [3.05, 3.63) is 48.3 Å². The summed E-state index contributed by atoms with van der Waals surface area (Å²) in [6.07, 6.45) is 3.56. The Bertz CT molecular complexity index is 1110. The van der Waals surface area contributed by atoms with E-state index in [1.54, 1.807) is 15.6 Å². The van der Waals surface area contributed by atoms with Crippen molar-refractivity contribution < 1.29 is 4.79 Å². The maximum atomic E-state index is 12.8. The molecule has 3 aromatic heterocycles. The third-order valence-corrected chi connectivity index (χ3v) is 5.35. The molecule has 1 aromatic carbocycles. The summed E-state index contributed by atoms with van der Waals surface area (Å²) in [5.41, 5.74) is 3.06. The molecule has 9 heteroatoms. The predicted octanol–water partition coefficient (Wildman–Crippen LogP) is 1.69. The molecule has 0 aliphatic carbocycles. The van der Waals surface area contributed by atoms with Crippen molar-refractivity contribution in [3.63, 3.8) is 0 Å². The highest BCUT2D eigenvalue weighted by Crippen LogP contribution is 2.23. The molecule has 0 N–H and O–H groups in total. The van der Waals surface area contributed by atoms with E-state index in [0.717, 1.165) is 47.3 Å². The van der Waals surface area contributed by atoms with Crippen molar-refractivity contribution in [2.45, 2.75) is 6.04 Å². The second-order valence-electron chi connectivity index (χ2n) is 6.36. The average molecular weight is 365 g/mol. The monoisotopic (exact) mass is 365 g/mol. The van der Waals surface area contributed by atoms with Crippen molar-refractivity contribution in [1.82, 2.24) is 28.2 Å². The Hall–Kier alpha value is -3.07. The lowest BCUT2D eigenvalue weighted by Crippen LogP contribution is -2.60. The molecule has 5 rings (SSSR count). The summed E-state index contributed by atoms with van der Waals surface area (Å²) in [5, 5.41) is 4.54. The number of likely N-dealkylation sites (N-methyl/N-ethyl adjacent to an activating group) is 1. The van der Waals surface area contributed by atoms with Gasteiger partial charge in [-0.3, -0.25) is 4.79 Å². The highest BCUT2D eigenvalue weighted by Gasteiger charge is 2.33. The number of hydrogen-bond donors (Lipinski definition) is 0. The molecule has 0 spiro atoms. The number of rotatable bonds is 3. The minimum absolute atomic E-state index is 0.00238. The highest BCUT2D eigenvalue weighted by atomic mass is 32.1. The Balaban J connectivity index is 1.29. The van der Waals surface area contributed by atoms with E-state index in [1.165, 1.54) is 0 Å². The van der Waals surface area contributed by atoms with Gasteiger partial charge >= 0.3 is 0 Å². The normalized spacial score (nSPS) is 14.7. The molecule has 0 radical (unpaired) electrons. The van der Waals surface area contributed by atoms with Gasteiger partial charge in [0.2, 0.25) is 0 Å². The number of nitrogens with zero attached hydrogens (tertiary/aromatic N) is 7. The Morgan fingerprint density at radius 2 is 2.04 bits per heavy atom. The van der Waals surface area contributed by atoms with Gasteiger partial charge in [0, 0.05) is 38.1 Å². The number of amides is 1. The SMILES string of the molecule is CN(C(=O)c1ccc2nsnc2c1)C1CN(c2ccc3nccn3n2)C1. The number of imidazole rings is 1. The molecule has 0 unspecified atom stereocenters. The van der Waals surface area contributed by atoms with Crippen LogP contribution in [-0.4, -0.2) is 60.3 Å². The number of carbonyl (C=O) groups excluding carboxylic acids is 1. The van der Waals surface area contributed by atoms with Crippen LogP contribution in [0.5, 0.6) is 0 Å². The number of aromatic nitrogens is 5. The molecule has 1 aliphatic heterocycles. The topological polar surface area (TPSA) is 79.5 Å². The Morgan fingerprint density at radius 1 is 1.19 bits per heavy atom. The third-order valence-electron chi connectivity index (χ3n) is 4.80. The van der Waals surface area contributed by atoms with Crippen LogP contribution in [0, 0.1) is 0 Å². The van der Waals surface area contributed by atoms with Crippen molar-refractivity contribution in [2.75, 3.05) is 25.0 Å². The second-order valence-corrected chi connectivity index (χ2v) is 6.89. The van der Waals surface area contributed by atoms with E-state index in [1.807, 2.05) is 43.6 Å². The van der Waals surface area contributed by atoms with Crippen LogP contribution in [0.2, 0.25) is 0 Å². The van der Waals surface area contributed by atoms with Gasteiger partial charge in [-0.1, -0.05) is 0 Å². The van der Waals surface area contributed by atoms with Gasteiger partial charge in [-0.2, -0.15) is 8.75 Å². The van der Waals surface area contributed by atoms with E-state index < -0.39 is 0 Å². The minimum Gasteiger partial charge on any atom is -0.351 e. The van der Waals surface area contributed by atoms with Crippen molar-refractivity contribution >= 4 is 40.1 Å². The van der Waals surface area contributed by atoms with E-state index in [9.17, 15) is 4.79 Å². The van der Waals surface area contributed by atoms with Gasteiger partial charge in [-0.25, -0.2) is 9.50 Å². The maximum Gasteiger partial charge on any atom is 0.254 e. The number of hydrogen-bond acceptors (Lipinski definition) is 7. The average Bonchev–Trinajstić information content (AvgIpc) is 3.27. The predicted molar refractivity (Wildman–Crippen MR) is 98.5 cm³/mol. The van der Waals surface area contributed by atoms with Gasteiger partial charge in [0.25, 0.3) is 5.91 Å². The summed E-state index contributed by atoms with van der Waals surface area (Å²) in [6, 6.07) is 9.53. The number of fused-ring (bicyclic) bond motifs is 2. The molecule has 0 atom stereocenters. The Morgan fingerprint density at radius 3 is 2.92 bits per heavy atom. The van der Waals surface area contributed by atoms with Crippen molar-refractivity contribution in [3.8, 4) is 0 Å². The molecule has 8 nitrogen and oxygen atoms in total. The molecule has 1 fully saturated rings. The summed E-state index contributed by atoms with van der Waals surface area (Å²) in [6.45, 7) is 1.52. The fourth-order valence-electron chi connectivity index (χ4n) is 3.15. The highest BCUT2D eigenvalue weighted by molar-refractivity contribution is 7.00. The lowest BCUT2D eigenvalue weighted by molar-refractivity contribution is 0.0705. The summed E-state index contributed by atoms with van der Waals surface area (Å²) < 4.78 is 10.1. The van der Waals surface area contributed by atoms with E-state index in [0.29, 0.717) is 5.56 Å². The standard InChI is InChI=1S/C17H15N7OS/c1-22(17(25)11-2-3-13-14(8-11)21-26-20-13)12-9-23(10-12)16-5-4-15-18-6-7-24(15)19-16/h2-8,12H,9-10H2,1H3. The van der Waals surface area contributed by atoms with Crippen LogP contribution in [0.3, 0.4) is 0 Å². The van der Waals surface area contributed by atoms with Gasteiger partial charge < -0.3 is 9.80 Å². The molecule has 26 heavy (non-hydrogen) atoms. The van der Waals surface area contributed by atoms with Gasteiger partial charge in [0.1, 0.15) is 16.9 Å². The minimum atomic E-state index is 0.00238. The quantitative estimate of drug-likeness (QED) is 0.550. The van der Waals surface area contributed by atoms with E-state index in [-0.39, 0.29) is 11.9 Å². The zero-order valence-corrected chi connectivity index (χ0v) is 14.8. The second kappa shape index (κ2) is 5.73. The summed E-state index contributed by atoms with van der Waals surface area (Å²) in [5.74, 6) is 0.894. The molecule has 4 aromatic rings. The molecule has 4 heterocycles. The molecule has 1 aliphatic rings. The molecule has 1 amide bonds. The first-order chi connectivity index (χ1) is 12.7. The zero-order valence-electron chi connectivity index (χ0n) is 14.0. The van der Waals surface area contributed by atoms with Crippen molar-refractivity contribution in [2.24, 2.45) is 0 Å². The smallest absolute Gasteiger partial charge is 0.254 e. The van der Waals surface area contributed by atoms with Crippen LogP contribution < -0.4 is 4.90 Å². The summed E-state index contributed by atoms with van der Waals surface area (Å²) in [4.78, 5) is 20.9. The van der Waals surface area contributed by atoms with Crippen LogP contribution in [-0.2, 0) is 0 Å². The molecular weight excluding hydrogens is 350 g/mol. The van der Waals surface area contributed by atoms with E-state index >= 15 is 0 Å². The van der Waals surface area contributed by atoms with Gasteiger partial charge in [-0.05, 0) is 30.3 Å². The van der Waals surface area contributed by atoms with Gasteiger partial charge in [-0.15, -0.1) is 5.10 Å². The van der Waals surface area contributed by atoms with Crippen LogP contribution in [0.4, 0.5) is 5.82 Å². The van der Waals surface area contributed by atoms with E-state index in [4.69, 9.17) is 0 Å². The third kappa shape index (κ3) is 2.39. The summed E-state index contributed by atoms with van der Waals surface area (Å²) >= 11 is 1.16. The molecule has 1 saturated heterocycles. The zero-order chi connectivity index (χ0) is 17.7.